The summed E-state index contributed by atoms with van der Waals surface area (Å²) in [7, 11) is 0. The molecular weight excluding hydrogens is 288 g/mol. The van der Waals surface area contributed by atoms with Crippen LogP contribution >= 0.6 is 0 Å². The van der Waals surface area contributed by atoms with Crippen LogP contribution in [0.2, 0.25) is 0 Å². The first kappa shape index (κ1) is 14.5. The Morgan fingerprint density at radius 3 is 2.96 bits per heavy atom. The highest BCUT2D eigenvalue weighted by Crippen LogP contribution is 2.33. The maximum absolute atomic E-state index is 12.6. The largest absolute Gasteiger partial charge is 0.325 e. The number of aromatic nitrogens is 2. The van der Waals surface area contributed by atoms with Gasteiger partial charge in [-0.15, -0.1) is 0 Å². The van der Waals surface area contributed by atoms with Crippen molar-refractivity contribution in [3.8, 4) is 11.3 Å². The molecular formula is C18H22N4O. The summed E-state index contributed by atoms with van der Waals surface area (Å²) in [6.07, 6.45) is 7.76. The number of rotatable bonds is 3. The molecule has 3 unspecified atom stereocenters. The molecule has 0 radical (unpaired) electrons. The topological polar surface area (TPSA) is 69.8 Å². The monoisotopic (exact) mass is 310 g/mol. The van der Waals surface area contributed by atoms with Crippen LogP contribution in [0, 0.1) is 5.92 Å². The van der Waals surface area contributed by atoms with Crippen molar-refractivity contribution in [1.29, 1.82) is 0 Å². The molecule has 2 heterocycles. The third-order valence-electron chi connectivity index (χ3n) is 5.12. The van der Waals surface area contributed by atoms with E-state index in [1.165, 1.54) is 25.7 Å². The highest BCUT2D eigenvalue weighted by molar-refractivity contribution is 5.95. The Bertz CT molecular complexity index is 668. The summed E-state index contributed by atoms with van der Waals surface area (Å²) in [5.41, 5.74) is 2.80. The third kappa shape index (κ3) is 3.01. The molecule has 0 bridgehead atoms. The molecule has 1 saturated heterocycles. The predicted molar refractivity (Wildman–Crippen MR) is 89.9 cm³/mol. The number of aromatic amines is 1. The van der Waals surface area contributed by atoms with Crippen molar-refractivity contribution in [2.75, 3.05) is 5.32 Å². The maximum atomic E-state index is 12.6. The van der Waals surface area contributed by atoms with Gasteiger partial charge in [0.15, 0.2) is 0 Å². The molecule has 1 aliphatic heterocycles. The van der Waals surface area contributed by atoms with E-state index in [9.17, 15) is 4.79 Å². The van der Waals surface area contributed by atoms with Crippen molar-refractivity contribution >= 4 is 11.6 Å². The van der Waals surface area contributed by atoms with E-state index in [2.05, 4.69) is 20.8 Å². The van der Waals surface area contributed by atoms with Crippen LogP contribution in [0.3, 0.4) is 0 Å². The van der Waals surface area contributed by atoms with Crippen LogP contribution in [-0.4, -0.2) is 28.2 Å². The van der Waals surface area contributed by atoms with Gasteiger partial charge in [0.05, 0.1) is 11.7 Å². The van der Waals surface area contributed by atoms with Gasteiger partial charge in [-0.25, -0.2) is 0 Å². The fraction of sp³-hybridized carbons (Fsp3) is 0.444. The second-order valence-corrected chi connectivity index (χ2v) is 6.65. The van der Waals surface area contributed by atoms with E-state index < -0.39 is 0 Å². The molecule has 120 valence electrons. The Balaban J connectivity index is 1.44. The van der Waals surface area contributed by atoms with Gasteiger partial charge in [-0.1, -0.05) is 25.0 Å². The summed E-state index contributed by atoms with van der Waals surface area (Å²) in [5.74, 6) is 0.761. The van der Waals surface area contributed by atoms with Crippen LogP contribution in [0.4, 0.5) is 5.69 Å². The molecule has 2 aliphatic rings. The fourth-order valence-corrected chi connectivity index (χ4v) is 3.93. The third-order valence-corrected chi connectivity index (χ3v) is 5.12. The van der Waals surface area contributed by atoms with Crippen molar-refractivity contribution in [3.05, 3.63) is 36.5 Å². The molecule has 0 spiro atoms. The lowest BCUT2D eigenvalue weighted by Gasteiger charge is -2.24. The van der Waals surface area contributed by atoms with Crippen LogP contribution in [0.25, 0.3) is 11.3 Å². The molecule has 1 aliphatic carbocycles. The van der Waals surface area contributed by atoms with Gasteiger partial charge in [0.25, 0.3) is 0 Å². The zero-order valence-electron chi connectivity index (χ0n) is 13.1. The van der Waals surface area contributed by atoms with E-state index in [1.54, 1.807) is 6.20 Å². The van der Waals surface area contributed by atoms with Crippen LogP contribution < -0.4 is 10.6 Å². The average Bonchev–Trinajstić information content (AvgIpc) is 3.24. The lowest BCUT2D eigenvalue weighted by molar-refractivity contribution is -0.117. The number of amides is 1. The number of hydrogen-bond acceptors (Lipinski definition) is 3. The molecule has 5 heteroatoms. The van der Waals surface area contributed by atoms with Crippen molar-refractivity contribution in [2.45, 2.75) is 44.2 Å². The average molecular weight is 310 g/mol. The zero-order chi connectivity index (χ0) is 15.6. The van der Waals surface area contributed by atoms with Crippen molar-refractivity contribution < 1.29 is 4.79 Å². The standard InChI is InChI=1S/C18H22N4O/c23-18(17-11-13-4-1-2-7-15(13)21-17)20-14-6-3-5-12(10-14)16-8-9-19-22-16/h3,5-6,8-10,13,15,17,21H,1-2,4,7,11H2,(H,19,22)(H,20,23). The van der Waals surface area contributed by atoms with Crippen molar-refractivity contribution in [1.82, 2.24) is 15.5 Å². The first-order chi connectivity index (χ1) is 11.3. The van der Waals surface area contributed by atoms with Crippen molar-refractivity contribution in [3.63, 3.8) is 0 Å². The smallest absolute Gasteiger partial charge is 0.241 e. The van der Waals surface area contributed by atoms with E-state index >= 15 is 0 Å². The summed E-state index contributed by atoms with van der Waals surface area (Å²) in [6, 6.07) is 10.3. The van der Waals surface area contributed by atoms with Crippen LogP contribution in [0.15, 0.2) is 36.5 Å². The first-order valence-corrected chi connectivity index (χ1v) is 8.46. The lowest BCUT2D eigenvalue weighted by atomic mass is 9.85. The normalized spacial score (nSPS) is 26.7. The number of nitrogens with one attached hydrogen (secondary N) is 3. The number of nitrogens with zero attached hydrogens (tertiary/aromatic N) is 1. The van der Waals surface area contributed by atoms with Crippen molar-refractivity contribution in [2.24, 2.45) is 5.92 Å². The first-order valence-electron chi connectivity index (χ1n) is 8.46. The van der Waals surface area contributed by atoms with Gasteiger partial charge >= 0.3 is 0 Å². The summed E-state index contributed by atoms with van der Waals surface area (Å²) >= 11 is 0. The highest BCUT2D eigenvalue weighted by atomic mass is 16.2. The van der Waals surface area contributed by atoms with Gasteiger partial charge in [0.2, 0.25) is 5.91 Å². The number of fused-ring (bicyclic) bond motifs is 1. The van der Waals surface area contributed by atoms with E-state index in [4.69, 9.17) is 0 Å². The lowest BCUT2D eigenvalue weighted by Crippen LogP contribution is -2.39. The fourth-order valence-electron chi connectivity index (χ4n) is 3.93. The van der Waals surface area contributed by atoms with E-state index in [0.717, 1.165) is 23.4 Å². The minimum atomic E-state index is -0.0566. The molecule has 1 saturated carbocycles. The van der Waals surface area contributed by atoms with E-state index in [0.29, 0.717) is 12.0 Å². The molecule has 3 N–H and O–H groups in total. The summed E-state index contributed by atoms with van der Waals surface area (Å²) in [5, 5.41) is 13.5. The van der Waals surface area contributed by atoms with Gasteiger partial charge in [-0.3, -0.25) is 9.89 Å². The minimum absolute atomic E-state index is 0.0566. The van der Waals surface area contributed by atoms with Crippen LogP contribution in [0.1, 0.15) is 32.1 Å². The molecule has 5 nitrogen and oxygen atoms in total. The Kier molecular flexibility index (Phi) is 3.87. The quantitative estimate of drug-likeness (QED) is 0.816. The van der Waals surface area contributed by atoms with Gasteiger partial charge < -0.3 is 10.6 Å². The van der Waals surface area contributed by atoms with Crippen LogP contribution in [0.5, 0.6) is 0 Å². The number of anilines is 1. The Morgan fingerprint density at radius 2 is 2.13 bits per heavy atom. The summed E-state index contributed by atoms with van der Waals surface area (Å²) in [4.78, 5) is 12.6. The summed E-state index contributed by atoms with van der Waals surface area (Å²) in [6.45, 7) is 0. The molecule has 1 aromatic carbocycles. The number of hydrogen-bond donors (Lipinski definition) is 3. The Morgan fingerprint density at radius 1 is 1.22 bits per heavy atom. The molecule has 23 heavy (non-hydrogen) atoms. The van der Waals surface area contributed by atoms with Gasteiger partial charge in [0, 0.05) is 23.5 Å². The second kappa shape index (κ2) is 6.16. The predicted octanol–water partition coefficient (Wildman–Crippen LogP) is 2.94. The number of carbonyl (C=O) groups is 1. The molecule has 1 amide bonds. The van der Waals surface area contributed by atoms with Crippen LogP contribution in [-0.2, 0) is 4.79 Å². The second-order valence-electron chi connectivity index (χ2n) is 6.65. The highest BCUT2D eigenvalue weighted by Gasteiger charge is 2.38. The van der Waals surface area contributed by atoms with E-state index in [1.807, 2.05) is 30.3 Å². The SMILES string of the molecule is O=C(Nc1cccc(-c2ccn[nH]2)c1)C1CC2CCCCC2N1. The molecule has 2 aromatic rings. The van der Waals surface area contributed by atoms with Gasteiger partial charge in [0.1, 0.15) is 0 Å². The number of H-pyrrole nitrogens is 1. The molecule has 1 aromatic heterocycles. The number of carbonyl (C=O) groups excluding carboxylic acids is 1. The summed E-state index contributed by atoms with van der Waals surface area (Å²) < 4.78 is 0. The molecule has 2 fully saturated rings. The zero-order valence-corrected chi connectivity index (χ0v) is 13.1. The number of benzene rings is 1. The van der Waals surface area contributed by atoms with E-state index in [-0.39, 0.29) is 11.9 Å². The Labute approximate surface area is 135 Å². The maximum Gasteiger partial charge on any atom is 0.241 e. The molecule has 3 atom stereocenters. The minimum Gasteiger partial charge on any atom is -0.325 e. The van der Waals surface area contributed by atoms with Gasteiger partial charge in [-0.05, 0) is 43.4 Å². The van der Waals surface area contributed by atoms with Gasteiger partial charge in [-0.2, -0.15) is 5.10 Å². The Hall–Kier alpha value is -2.14. The molecule has 4 rings (SSSR count).